The van der Waals surface area contributed by atoms with Crippen molar-refractivity contribution in [1.82, 2.24) is 15.5 Å². The third-order valence-electron chi connectivity index (χ3n) is 2.65. The van der Waals surface area contributed by atoms with Gasteiger partial charge in [0.05, 0.1) is 7.11 Å². The molecule has 0 fully saturated rings. The van der Waals surface area contributed by atoms with Gasteiger partial charge < -0.3 is 14.8 Å². The van der Waals surface area contributed by atoms with E-state index in [2.05, 4.69) is 22.4 Å². The molecule has 0 atom stereocenters. The fourth-order valence-corrected chi connectivity index (χ4v) is 2.30. The standard InChI is InChI=1S/C14H19N3O2S/c1-3-7-15-9-13-16-17-14(20-13)19-10-11-5-4-6-12(8-11)18-2/h4-6,8,15H,3,7,9-10H2,1-2H3. The molecule has 1 aromatic heterocycles. The van der Waals surface area contributed by atoms with Crippen LogP contribution in [0.3, 0.4) is 0 Å². The summed E-state index contributed by atoms with van der Waals surface area (Å²) in [5.74, 6) is 0.827. The third-order valence-corrected chi connectivity index (χ3v) is 3.48. The summed E-state index contributed by atoms with van der Waals surface area (Å²) in [5, 5.41) is 12.9. The molecular weight excluding hydrogens is 274 g/mol. The van der Waals surface area contributed by atoms with Crippen LogP contribution in [0.5, 0.6) is 10.9 Å². The van der Waals surface area contributed by atoms with Crippen LogP contribution in [0.2, 0.25) is 0 Å². The molecule has 0 bridgehead atoms. The largest absolute Gasteiger partial charge is 0.497 e. The number of hydrogen-bond donors (Lipinski definition) is 1. The first-order valence-electron chi connectivity index (χ1n) is 6.60. The molecule has 1 aromatic carbocycles. The molecule has 0 aliphatic heterocycles. The van der Waals surface area contributed by atoms with Gasteiger partial charge in [-0.2, -0.15) is 0 Å². The van der Waals surface area contributed by atoms with E-state index in [1.807, 2.05) is 24.3 Å². The van der Waals surface area contributed by atoms with Crippen molar-refractivity contribution < 1.29 is 9.47 Å². The Kier molecular flexibility index (Phi) is 5.76. The van der Waals surface area contributed by atoms with E-state index in [1.165, 1.54) is 11.3 Å². The number of methoxy groups -OCH3 is 1. The Balaban J connectivity index is 1.84. The van der Waals surface area contributed by atoms with Crippen LogP contribution in [0.25, 0.3) is 0 Å². The monoisotopic (exact) mass is 293 g/mol. The van der Waals surface area contributed by atoms with Crippen LogP contribution in [0, 0.1) is 0 Å². The molecule has 0 aliphatic rings. The number of aromatic nitrogens is 2. The van der Waals surface area contributed by atoms with Gasteiger partial charge in [0.2, 0.25) is 0 Å². The lowest BCUT2D eigenvalue weighted by molar-refractivity contribution is 0.301. The molecule has 0 saturated carbocycles. The van der Waals surface area contributed by atoms with Gasteiger partial charge in [0.25, 0.3) is 5.19 Å². The van der Waals surface area contributed by atoms with E-state index >= 15 is 0 Å². The van der Waals surface area contributed by atoms with E-state index in [1.54, 1.807) is 7.11 Å². The number of ether oxygens (including phenoxy) is 2. The van der Waals surface area contributed by atoms with Gasteiger partial charge in [0.15, 0.2) is 0 Å². The van der Waals surface area contributed by atoms with Crippen LogP contribution in [0.1, 0.15) is 23.9 Å². The number of hydrogen-bond acceptors (Lipinski definition) is 6. The maximum atomic E-state index is 5.64. The van der Waals surface area contributed by atoms with Crippen molar-refractivity contribution in [2.45, 2.75) is 26.5 Å². The van der Waals surface area contributed by atoms with Gasteiger partial charge in [0.1, 0.15) is 17.4 Å². The molecule has 1 N–H and O–H groups in total. The van der Waals surface area contributed by atoms with Crippen LogP contribution >= 0.6 is 11.3 Å². The van der Waals surface area contributed by atoms with Gasteiger partial charge in [-0.3, -0.25) is 0 Å². The number of rotatable bonds is 8. The summed E-state index contributed by atoms with van der Waals surface area (Å²) in [4.78, 5) is 0. The molecule has 0 saturated heterocycles. The maximum Gasteiger partial charge on any atom is 0.294 e. The summed E-state index contributed by atoms with van der Waals surface area (Å²) in [7, 11) is 1.65. The Morgan fingerprint density at radius 2 is 2.20 bits per heavy atom. The molecule has 5 nitrogen and oxygen atoms in total. The summed E-state index contributed by atoms with van der Waals surface area (Å²) in [5.41, 5.74) is 1.05. The van der Waals surface area contributed by atoms with Crippen molar-refractivity contribution in [3.63, 3.8) is 0 Å². The molecule has 2 rings (SSSR count). The van der Waals surface area contributed by atoms with E-state index < -0.39 is 0 Å². The van der Waals surface area contributed by atoms with Gasteiger partial charge in [0, 0.05) is 6.54 Å². The van der Waals surface area contributed by atoms with Gasteiger partial charge in [-0.05, 0) is 30.7 Å². The maximum absolute atomic E-state index is 5.64. The third kappa shape index (κ3) is 4.47. The lowest BCUT2D eigenvalue weighted by Gasteiger charge is -2.04. The van der Waals surface area contributed by atoms with Crippen molar-refractivity contribution in [2.24, 2.45) is 0 Å². The highest BCUT2D eigenvalue weighted by Gasteiger charge is 2.05. The van der Waals surface area contributed by atoms with Crippen LogP contribution in [-0.2, 0) is 13.2 Å². The highest BCUT2D eigenvalue weighted by Crippen LogP contribution is 2.20. The molecule has 0 amide bonds. The quantitative estimate of drug-likeness (QED) is 0.758. The Hall–Kier alpha value is -1.66. The van der Waals surface area contributed by atoms with Crippen molar-refractivity contribution >= 4 is 11.3 Å². The Labute approximate surface area is 123 Å². The predicted molar refractivity (Wildman–Crippen MR) is 79.2 cm³/mol. The highest BCUT2D eigenvalue weighted by molar-refractivity contribution is 7.13. The smallest absolute Gasteiger partial charge is 0.294 e. The van der Waals surface area contributed by atoms with E-state index in [-0.39, 0.29) is 0 Å². The van der Waals surface area contributed by atoms with E-state index in [4.69, 9.17) is 9.47 Å². The first-order chi connectivity index (χ1) is 9.81. The molecule has 0 spiro atoms. The van der Waals surface area contributed by atoms with Crippen molar-refractivity contribution in [2.75, 3.05) is 13.7 Å². The van der Waals surface area contributed by atoms with E-state index in [0.29, 0.717) is 11.8 Å². The minimum absolute atomic E-state index is 0.466. The van der Waals surface area contributed by atoms with Gasteiger partial charge in [-0.15, -0.1) is 5.10 Å². The molecule has 1 heterocycles. The zero-order valence-corrected chi connectivity index (χ0v) is 12.6. The van der Waals surface area contributed by atoms with Crippen LogP contribution in [0.15, 0.2) is 24.3 Å². The topological polar surface area (TPSA) is 56.3 Å². The molecule has 0 aliphatic carbocycles. The summed E-state index contributed by atoms with van der Waals surface area (Å²) < 4.78 is 10.8. The summed E-state index contributed by atoms with van der Waals surface area (Å²) >= 11 is 1.47. The average Bonchev–Trinajstić information content (AvgIpc) is 2.94. The molecular formula is C14H19N3O2S. The second-order valence-corrected chi connectivity index (χ2v) is 5.30. The lowest BCUT2D eigenvalue weighted by atomic mass is 10.2. The SMILES string of the molecule is CCCNCc1nnc(OCc2cccc(OC)c2)s1. The average molecular weight is 293 g/mol. The minimum atomic E-state index is 0.466. The second kappa shape index (κ2) is 7.81. The number of nitrogens with zero attached hydrogens (tertiary/aromatic N) is 2. The zero-order valence-electron chi connectivity index (χ0n) is 11.8. The highest BCUT2D eigenvalue weighted by atomic mass is 32.1. The van der Waals surface area contributed by atoms with Crippen molar-refractivity contribution in [3.8, 4) is 10.9 Å². The summed E-state index contributed by atoms with van der Waals surface area (Å²) in [6.45, 7) is 4.33. The molecule has 6 heteroatoms. The summed E-state index contributed by atoms with van der Waals surface area (Å²) in [6.07, 6.45) is 1.11. The fraction of sp³-hybridized carbons (Fsp3) is 0.429. The molecule has 2 aromatic rings. The summed E-state index contributed by atoms with van der Waals surface area (Å²) in [6, 6.07) is 7.79. The molecule has 0 radical (unpaired) electrons. The van der Waals surface area contributed by atoms with Gasteiger partial charge in [-0.1, -0.05) is 35.5 Å². The first kappa shape index (κ1) is 14.7. The van der Waals surface area contributed by atoms with Crippen LogP contribution in [0.4, 0.5) is 0 Å². The van der Waals surface area contributed by atoms with Gasteiger partial charge in [-0.25, -0.2) is 0 Å². The van der Waals surface area contributed by atoms with Crippen molar-refractivity contribution in [1.29, 1.82) is 0 Å². The van der Waals surface area contributed by atoms with Crippen LogP contribution < -0.4 is 14.8 Å². The second-order valence-electron chi connectivity index (χ2n) is 4.28. The van der Waals surface area contributed by atoms with E-state index in [0.717, 1.165) is 35.8 Å². The van der Waals surface area contributed by atoms with Crippen LogP contribution in [-0.4, -0.2) is 23.9 Å². The molecule has 20 heavy (non-hydrogen) atoms. The Morgan fingerprint density at radius 1 is 1.30 bits per heavy atom. The molecule has 0 unspecified atom stereocenters. The van der Waals surface area contributed by atoms with Gasteiger partial charge >= 0.3 is 0 Å². The number of nitrogens with one attached hydrogen (secondary N) is 1. The minimum Gasteiger partial charge on any atom is -0.497 e. The molecule has 108 valence electrons. The Bertz CT molecular complexity index is 531. The lowest BCUT2D eigenvalue weighted by Crippen LogP contribution is -2.13. The number of benzene rings is 1. The normalized spacial score (nSPS) is 10.5. The van der Waals surface area contributed by atoms with E-state index in [9.17, 15) is 0 Å². The fourth-order valence-electron chi connectivity index (χ4n) is 1.65. The van der Waals surface area contributed by atoms with Crippen molar-refractivity contribution in [3.05, 3.63) is 34.8 Å². The Morgan fingerprint density at radius 3 is 3.00 bits per heavy atom. The zero-order chi connectivity index (χ0) is 14.2. The predicted octanol–water partition coefficient (Wildman–Crippen LogP) is 2.63. The first-order valence-corrected chi connectivity index (χ1v) is 7.42.